The number of thiocarbonyl (C=S) groups is 1. The zero-order valence-electron chi connectivity index (χ0n) is 11.7. The van der Waals surface area contributed by atoms with E-state index in [0.717, 1.165) is 40.1 Å². The van der Waals surface area contributed by atoms with E-state index in [9.17, 15) is 0 Å². The SMILES string of the molecule is Cc1ccc(NC(=S)NCCSCc2ccco2)cc1Cl. The Morgan fingerprint density at radius 2 is 2.24 bits per heavy atom. The summed E-state index contributed by atoms with van der Waals surface area (Å²) in [5.74, 6) is 2.83. The molecular formula is C15H17ClN2OS2. The van der Waals surface area contributed by atoms with E-state index in [1.54, 1.807) is 18.0 Å². The number of benzene rings is 1. The van der Waals surface area contributed by atoms with E-state index in [0.29, 0.717) is 5.11 Å². The molecule has 0 saturated carbocycles. The number of hydrogen-bond donors (Lipinski definition) is 2. The van der Waals surface area contributed by atoms with Crippen molar-refractivity contribution in [3.05, 3.63) is 52.9 Å². The van der Waals surface area contributed by atoms with E-state index in [1.807, 2.05) is 37.3 Å². The van der Waals surface area contributed by atoms with Gasteiger partial charge in [0.2, 0.25) is 0 Å². The van der Waals surface area contributed by atoms with Gasteiger partial charge in [-0.05, 0) is 49.0 Å². The number of thioether (sulfide) groups is 1. The highest BCUT2D eigenvalue weighted by Crippen LogP contribution is 2.19. The average Bonchev–Trinajstić information content (AvgIpc) is 2.96. The molecule has 1 aromatic heterocycles. The zero-order valence-corrected chi connectivity index (χ0v) is 14.1. The molecule has 2 aromatic rings. The molecule has 0 unspecified atom stereocenters. The molecule has 2 N–H and O–H groups in total. The van der Waals surface area contributed by atoms with E-state index in [-0.39, 0.29) is 0 Å². The summed E-state index contributed by atoms with van der Waals surface area (Å²) in [5.41, 5.74) is 1.95. The van der Waals surface area contributed by atoms with Gasteiger partial charge in [-0.2, -0.15) is 11.8 Å². The van der Waals surface area contributed by atoms with Crippen LogP contribution < -0.4 is 10.6 Å². The number of hydrogen-bond acceptors (Lipinski definition) is 3. The van der Waals surface area contributed by atoms with Gasteiger partial charge in [0.1, 0.15) is 5.76 Å². The summed E-state index contributed by atoms with van der Waals surface area (Å²) in [6.45, 7) is 2.77. The normalized spacial score (nSPS) is 10.4. The Labute approximate surface area is 139 Å². The lowest BCUT2D eigenvalue weighted by Crippen LogP contribution is -2.30. The second-order valence-corrected chi connectivity index (χ2v) is 6.40. The molecule has 0 fully saturated rings. The molecule has 0 aliphatic rings. The van der Waals surface area contributed by atoms with E-state index in [1.165, 1.54) is 0 Å². The van der Waals surface area contributed by atoms with Crippen LogP contribution in [-0.2, 0) is 5.75 Å². The fourth-order valence-electron chi connectivity index (χ4n) is 1.65. The third-order valence-corrected chi connectivity index (χ3v) is 4.42. The molecular weight excluding hydrogens is 324 g/mol. The molecule has 0 radical (unpaired) electrons. The van der Waals surface area contributed by atoms with Crippen LogP contribution in [-0.4, -0.2) is 17.4 Å². The maximum atomic E-state index is 6.08. The fourth-order valence-corrected chi connectivity index (χ4v) is 2.81. The Morgan fingerprint density at radius 3 is 2.95 bits per heavy atom. The van der Waals surface area contributed by atoms with Crippen LogP contribution in [0.15, 0.2) is 41.0 Å². The highest BCUT2D eigenvalue weighted by atomic mass is 35.5. The first-order chi connectivity index (χ1) is 10.1. The van der Waals surface area contributed by atoms with E-state index in [2.05, 4.69) is 10.6 Å². The van der Waals surface area contributed by atoms with Gasteiger partial charge in [-0.25, -0.2) is 0 Å². The van der Waals surface area contributed by atoms with Crippen LogP contribution in [0.25, 0.3) is 0 Å². The average molecular weight is 341 g/mol. The third kappa shape index (κ3) is 5.61. The molecule has 21 heavy (non-hydrogen) atoms. The number of aryl methyl sites for hydroxylation is 1. The standard InChI is InChI=1S/C15H17ClN2OS2/c1-11-4-5-12(9-14(11)16)18-15(20)17-6-8-21-10-13-3-2-7-19-13/h2-5,7,9H,6,8,10H2,1H3,(H2,17,18,20). The summed E-state index contributed by atoms with van der Waals surface area (Å²) in [6.07, 6.45) is 1.69. The van der Waals surface area contributed by atoms with Gasteiger partial charge >= 0.3 is 0 Å². The first kappa shape index (κ1) is 16.2. The van der Waals surface area contributed by atoms with Crippen LogP contribution in [0, 0.1) is 6.92 Å². The zero-order chi connectivity index (χ0) is 15.1. The first-order valence-electron chi connectivity index (χ1n) is 6.56. The van der Waals surface area contributed by atoms with E-state index < -0.39 is 0 Å². The van der Waals surface area contributed by atoms with Gasteiger partial charge in [0, 0.05) is 23.0 Å². The second-order valence-electron chi connectivity index (χ2n) is 4.48. The van der Waals surface area contributed by atoms with Gasteiger partial charge in [0.15, 0.2) is 5.11 Å². The van der Waals surface area contributed by atoms with Crippen LogP contribution in [0.4, 0.5) is 5.69 Å². The minimum Gasteiger partial charge on any atom is -0.468 e. The van der Waals surface area contributed by atoms with Gasteiger partial charge in [0.05, 0.1) is 12.0 Å². The van der Waals surface area contributed by atoms with E-state index >= 15 is 0 Å². The molecule has 2 rings (SSSR count). The largest absolute Gasteiger partial charge is 0.468 e. The minimum absolute atomic E-state index is 0.605. The second kappa shape index (κ2) is 8.32. The number of furan rings is 1. The van der Waals surface area contributed by atoms with Crippen LogP contribution in [0.5, 0.6) is 0 Å². The van der Waals surface area contributed by atoms with Gasteiger partial charge in [-0.1, -0.05) is 17.7 Å². The van der Waals surface area contributed by atoms with Crippen molar-refractivity contribution in [2.75, 3.05) is 17.6 Å². The van der Waals surface area contributed by atoms with Crippen molar-refractivity contribution in [1.82, 2.24) is 5.32 Å². The summed E-state index contributed by atoms with van der Waals surface area (Å²) in [6, 6.07) is 9.68. The smallest absolute Gasteiger partial charge is 0.170 e. The third-order valence-electron chi connectivity index (χ3n) is 2.79. The maximum absolute atomic E-state index is 6.08. The van der Waals surface area contributed by atoms with Crippen LogP contribution >= 0.6 is 35.6 Å². The Morgan fingerprint density at radius 1 is 1.38 bits per heavy atom. The van der Waals surface area contributed by atoms with Crippen molar-refractivity contribution < 1.29 is 4.42 Å². The summed E-state index contributed by atoms with van der Waals surface area (Å²) in [4.78, 5) is 0. The molecule has 3 nitrogen and oxygen atoms in total. The molecule has 1 aromatic carbocycles. The van der Waals surface area contributed by atoms with Crippen LogP contribution in [0.1, 0.15) is 11.3 Å². The molecule has 6 heteroatoms. The van der Waals surface area contributed by atoms with Crippen LogP contribution in [0.2, 0.25) is 5.02 Å². The lowest BCUT2D eigenvalue weighted by atomic mass is 10.2. The number of rotatable bonds is 6. The molecule has 0 aliphatic heterocycles. The predicted molar refractivity (Wildman–Crippen MR) is 95.3 cm³/mol. The van der Waals surface area contributed by atoms with Gasteiger partial charge < -0.3 is 15.1 Å². The summed E-state index contributed by atoms with van der Waals surface area (Å²) < 4.78 is 5.27. The molecule has 112 valence electrons. The highest BCUT2D eigenvalue weighted by molar-refractivity contribution is 7.98. The molecule has 0 spiro atoms. The van der Waals surface area contributed by atoms with Crippen molar-refractivity contribution in [3.8, 4) is 0 Å². The first-order valence-corrected chi connectivity index (χ1v) is 8.50. The molecule has 0 amide bonds. The van der Waals surface area contributed by atoms with Crippen molar-refractivity contribution in [2.24, 2.45) is 0 Å². The quantitative estimate of drug-likeness (QED) is 0.599. The molecule has 1 heterocycles. The Balaban J connectivity index is 1.64. The molecule has 0 bridgehead atoms. The maximum Gasteiger partial charge on any atom is 0.170 e. The van der Waals surface area contributed by atoms with Gasteiger partial charge in [-0.15, -0.1) is 0 Å². The Hall–Kier alpha value is -1.17. The summed E-state index contributed by atoms with van der Waals surface area (Å²) in [5, 5.41) is 7.63. The van der Waals surface area contributed by atoms with Gasteiger partial charge in [0.25, 0.3) is 0 Å². The van der Waals surface area contributed by atoms with Crippen molar-refractivity contribution in [3.63, 3.8) is 0 Å². The minimum atomic E-state index is 0.605. The van der Waals surface area contributed by atoms with Crippen molar-refractivity contribution >= 4 is 46.4 Å². The van der Waals surface area contributed by atoms with Crippen LogP contribution in [0.3, 0.4) is 0 Å². The van der Waals surface area contributed by atoms with E-state index in [4.69, 9.17) is 28.2 Å². The molecule has 0 aliphatic carbocycles. The number of halogens is 1. The topological polar surface area (TPSA) is 37.2 Å². The van der Waals surface area contributed by atoms with Gasteiger partial charge in [-0.3, -0.25) is 0 Å². The molecule has 0 atom stereocenters. The fraction of sp³-hybridized carbons (Fsp3) is 0.267. The summed E-state index contributed by atoms with van der Waals surface area (Å²) in [7, 11) is 0. The van der Waals surface area contributed by atoms with Crippen molar-refractivity contribution in [2.45, 2.75) is 12.7 Å². The number of anilines is 1. The Kier molecular flexibility index (Phi) is 6.42. The van der Waals surface area contributed by atoms with Crippen molar-refractivity contribution in [1.29, 1.82) is 0 Å². The molecule has 0 saturated heterocycles. The summed E-state index contributed by atoms with van der Waals surface area (Å²) >= 11 is 13.1. The monoisotopic (exact) mass is 340 g/mol. The highest BCUT2D eigenvalue weighted by Gasteiger charge is 2.01. The lowest BCUT2D eigenvalue weighted by Gasteiger charge is -2.11. The Bertz CT molecular complexity index is 587. The predicted octanol–water partition coefficient (Wildman–Crippen LogP) is 4.46. The number of nitrogens with one attached hydrogen (secondary N) is 2. The lowest BCUT2D eigenvalue weighted by molar-refractivity contribution is 0.530.